The predicted molar refractivity (Wildman–Crippen MR) is 71.4 cm³/mol. The van der Waals surface area contributed by atoms with E-state index in [1.807, 2.05) is 32.0 Å². The van der Waals surface area contributed by atoms with Crippen molar-refractivity contribution in [2.24, 2.45) is 11.1 Å². The number of ether oxygens (including phenoxy) is 1. The molecule has 0 heterocycles. The highest BCUT2D eigenvalue weighted by molar-refractivity contribution is 6.00. The van der Waals surface area contributed by atoms with Crippen molar-refractivity contribution in [2.75, 3.05) is 6.61 Å². The van der Waals surface area contributed by atoms with Gasteiger partial charge in [-0.15, -0.1) is 0 Å². The van der Waals surface area contributed by atoms with Gasteiger partial charge < -0.3 is 15.1 Å². The van der Waals surface area contributed by atoms with E-state index in [9.17, 15) is 5.11 Å². The number of benzene rings is 1. The topological polar surface area (TPSA) is 62.1 Å². The highest BCUT2D eigenvalue weighted by Gasteiger charge is 2.26. The van der Waals surface area contributed by atoms with Crippen LogP contribution in [0.4, 0.5) is 0 Å². The molecule has 1 rings (SSSR count). The van der Waals surface area contributed by atoms with Crippen molar-refractivity contribution in [3.63, 3.8) is 0 Å². The van der Waals surface area contributed by atoms with Crippen LogP contribution in [0.3, 0.4) is 0 Å². The molecule has 1 aromatic carbocycles. The number of nitrogens with zero attached hydrogens (tertiary/aromatic N) is 1. The highest BCUT2D eigenvalue weighted by atomic mass is 16.5. The van der Waals surface area contributed by atoms with Gasteiger partial charge >= 0.3 is 0 Å². The lowest BCUT2D eigenvalue weighted by Gasteiger charge is -2.27. The van der Waals surface area contributed by atoms with Crippen molar-refractivity contribution in [1.82, 2.24) is 0 Å². The van der Waals surface area contributed by atoms with Gasteiger partial charge in [-0.05, 0) is 31.9 Å². The first-order valence-electron chi connectivity index (χ1n) is 6.01. The first kappa shape index (κ1) is 14.5. The molecule has 0 amide bonds. The normalized spacial score (nSPS) is 15.6. The summed E-state index contributed by atoms with van der Waals surface area (Å²) in [7, 11) is 0. The maximum Gasteiger partial charge on any atom is 0.128 e. The van der Waals surface area contributed by atoms with Crippen LogP contribution in [-0.2, 0) is 0 Å². The Kier molecular flexibility index (Phi) is 4.73. The minimum Gasteiger partial charge on any atom is -0.490 e. The van der Waals surface area contributed by atoms with E-state index < -0.39 is 5.60 Å². The van der Waals surface area contributed by atoms with Crippen molar-refractivity contribution in [3.05, 3.63) is 29.8 Å². The van der Waals surface area contributed by atoms with E-state index in [-0.39, 0.29) is 12.5 Å². The number of para-hydroxylation sites is 1. The maximum atomic E-state index is 10.1. The van der Waals surface area contributed by atoms with Crippen LogP contribution in [0.1, 0.15) is 33.3 Å². The maximum absolute atomic E-state index is 10.1. The van der Waals surface area contributed by atoms with Gasteiger partial charge in [-0.3, -0.25) is 0 Å². The zero-order valence-electron chi connectivity index (χ0n) is 11.3. The molecule has 0 spiro atoms. The molecule has 18 heavy (non-hydrogen) atoms. The summed E-state index contributed by atoms with van der Waals surface area (Å²) in [6.07, 6.45) is 0. The Hall–Kier alpha value is -1.55. The van der Waals surface area contributed by atoms with Crippen LogP contribution in [0.25, 0.3) is 0 Å². The monoisotopic (exact) mass is 251 g/mol. The van der Waals surface area contributed by atoms with Crippen molar-refractivity contribution < 1.29 is 15.1 Å². The third-order valence-electron chi connectivity index (χ3n) is 3.19. The molecule has 0 bridgehead atoms. The van der Waals surface area contributed by atoms with Gasteiger partial charge in [-0.25, -0.2) is 0 Å². The van der Waals surface area contributed by atoms with Crippen LogP contribution in [-0.4, -0.2) is 28.2 Å². The van der Waals surface area contributed by atoms with E-state index in [1.165, 1.54) is 0 Å². The zero-order valence-corrected chi connectivity index (χ0v) is 11.3. The fourth-order valence-corrected chi connectivity index (χ4v) is 1.34. The van der Waals surface area contributed by atoms with Crippen LogP contribution < -0.4 is 4.74 Å². The second-order valence-electron chi connectivity index (χ2n) is 4.98. The number of oxime groups is 1. The molecule has 4 nitrogen and oxygen atoms in total. The average molecular weight is 251 g/mol. The van der Waals surface area contributed by atoms with Gasteiger partial charge in [0.2, 0.25) is 0 Å². The third-order valence-corrected chi connectivity index (χ3v) is 3.19. The molecule has 0 radical (unpaired) electrons. The lowest BCUT2D eigenvalue weighted by atomic mass is 9.94. The summed E-state index contributed by atoms with van der Waals surface area (Å²) in [4.78, 5) is 0. The van der Waals surface area contributed by atoms with Gasteiger partial charge in [-0.1, -0.05) is 31.1 Å². The van der Waals surface area contributed by atoms with Gasteiger partial charge in [0.1, 0.15) is 12.4 Å². The summed E-state index contributed by atoms with van der Waals surface area (Å²) < 4.78 is 5.64. The van der Waals surface area contributed by atoms with Crippen molar-refractivity contribution in [2.45, 2.75) is 33.3 Å². The minimum absolute atomic E-state index is 0.0947. The zero-order chi connectivity index (χ0) is 13.8. The first-order chi connectivity index (χ1) is 8.38. The molecular formula is C14H21NO3. The summed E-state index contributed by atoms with van der Waals surface area (Å²) in [5.74, 6) is 0.700. The van der Waals surface area contributed by atoms with Gasteiger partial charge in [0.05, 0.1) is 11.3 Å². The summed E-state index contributed by atoms with van der Waals surface area (Å²) in [6, 6.07) is 7.29. The quantitative estimate of drug-likeness (QED) is 0.480. The second-order valence-corrected chi connectivity index (χ2v) is 4.98. The summed E-state index contributed by atoms with van der Waals surface area (Å²) in [5, 5.41) is 22.1. The minimum atomic E-state index is -0.891. The Morgan fingerprint density at radius 2 is 2.00 bits per heavy atom. The summed E-state index contributed by atoms with van der Waals surface area (Å²) in [6.45, 7) is 7.52. The standard InChI is InChI=1S/C14H21NO3/c1-10(2)14(4,16)9-18-13-8-6-5-7-12(13)11(3)15-17/h5-8,10,16-17H,9H2,1-4H3/b15-11+. The van der Waals surface area contributed by atoms with Crippen LogP contribution in [0.5, 0.6) is 5.75 Å². The molecule has 0 aliphatic heterocycles. The van der Waals surface area contributed by atoms with Gasteiger partial charge in [0.25, 0.3) is 0 Å². The molecule has 0 aliphatic rings. The fraction of sp³-hybridized carbons (Fsp3) is 0.500. The third kappa shape index (κ3) is 3.47. The number of hydrogen-bond donors (Lipinski definition) is 2. The lowest BCUT2D eigenvalue weighted by Crippen LogP contribution is -2.38. The van der Waals surface area contributed by atoms with Crippen molar-refractivity contribution in [1.29, 1.82) is 0 Å². The SMILES string of the molecule is C/C(=N\O)c1ccccc1OCC(C)(O)C(C)C. The van der Waals surface area contributed by atoms with Gasteiger partial charge in [0, 0.05) is 5.56 Å². The second kappa shape index (κ2) is 5.87. The van der Waals surface area contributed by atoms with Crippen LogP contribution in [0.15, 0.2) is 29.4 Å². The molecule has 0 aliphatic carbocycles. The van der Waals surface area contributed by atoms with E-state index in [2.05, 4.69) is 5.16 Å². The number of hydrogen-bond acceptors (Lipinski definition) is 4. The largest absolute Gasteiger partial charge is 0.490 e. The van der Waals surface area contributed by atoms with Gasteiger partial charge in [0.15, 0.2) is 0 Å². The molecule has 1 aromatic rings. The highest BCUT2D eigenvalue weighted by Crippen LogP contribution is 2.22. The summed E-state index contributed by atoms with van der Waals surface area (Å²) >= 11 is 0. The molecule has 100 valence electrons. The van der Waals surface area contributed by atoms with Crippen molar-refractivity contribution >= 4 is 5.71 Å². The van der Waals surface area contributed by atoms with E-state index >= 15 is 0 Å². The molecule has 1 atom stereocenters. The summed E-state index contributed by atoms with van der Waals surface area (Å²) in [5.41, 5.74) is 0.312. The molecule has 4 heteroatoms. The molecule has 1 unspecified atom stereocenters. The average Bonchev–Trinajstić information content (AvgIpc) is 2.35. The van der Waals surface area contributed by atoms with Crippen LogP contribution in [0.2, 0.25) is 0 Å². The Bertz CT molecular complexity index is 425. The van der Waals surface area contributed by atoms with E-state index in [0.717, 1.165) is 5.56 Å². The molecule has 2 N–H and O–H groups in total. The Morgan fingerprint density at radius 1 is 1.39 bits per heavy atom. The molecule has 0 aromatic heterocycles. The fourth-order valence-electron chi connectivity index (χ4n) is 1.34. The van der Waals surface area contributed by atoms with E-state index in [1.54, 1.807) is 19.9 Å². The Balaban J connectivity index is 2.86. The number of rotatable bonds is 5. The lowest BCUT2D eigenvalue weighted by molar-refractivity contribution is -0.0266. The van der Waals surface area contributed by atoms with Gasteiger partial charge in [-0.2, -0.15) is 0 Å². The smallest absolute Gasteiger partial charge is 0.128 e. The predicted octanol–water partition coefficient (Wildman–Crippen LogP) is 2.67. The molecule has 0 fully saturated rings. The van der Waals surface area contributed by atoms with Crippen molar-refractivity contribution in [3.8, 4) is 5.75 Å². The number of aliphatic hydroxyl groups is 1. The first-order valence-corrected chi connectivity index (χ1v) is 6.01. The van der Waals surface area contributed by atoms with Crippen LogP contribution >= 0.6 is 0 Å². The van der Waals surface area contributed by atoms with E-state index in [0.29, 0.717) is 11.5 Å². The Labute approximate surface area is 108 Å². The van der Waals surface area contributed by atoms with Crippen LogP contribution in [0, 0.1) is 5.92 Å². The molecule has 0 saturated carbocycles. The Morgan fingerprint density at radius 3 is 2.56 bits per heavy atom. The van der Waals surface area contributed by atoms with E-state index in [4.69, 9.17) is 9.94 Å². The molecule has 0 saturated heterocycles. The molecular weight excluding hydrogens is 230 g/mol.